The first kappa shape index (κ1) is 11.9. The van der Waals surface area contributed by atoms with E-state index in [2.05, 4.69) is 30.2 Å². The van der Waals surface area contributed by atoms with Gasteiger partial charge in [-0.2, -0.15) is 9.97 Å². The van der Waals surface area contributed by atoms with Crippen LogP contribution in [0.4, 0.5) is 5.82 Å². The number of piperidine rings is 1. The Morgan fingerprint density at radius 1 is 1.40 bits per heavy atom. The Bertz CT molecular complexity index is 686. The molecule has 20 heavy (non-hydrogen) atoms. The molecule has 0 saturated carbocycles. The largest absolute Gasteiger partial charge is 0.354 e. The van der Waals surface area contributed by atoms with Crippen molar-refractivity contribution < 1.29 is 4.79 Å². The van der Waals surface area contributed by atoms with Crippen LogP contribution in [0.15, 0.2) is 6.33 Å². The molecule has 4 heterocycles. The molecule has 2 atom stereocenters. The maximum atomic E-state index is 11.8. The molecule has 2 N–H and O–H groups in total. The number of fused-ring (bicyclic) bond motifs is 2. The second-order valence-electron chi connectivity index (χ2n) is 5.17. The molecular formula is C12H13ClN6O. The third kappa shape index (κ3) is 1.66. The van der Waals surface area contributed by atoms with Gasteiger partial charge in [-0.25, -0.2) is 4.98 Å². The molecule has 104 valence electrons. The van der Waals surface area contributed by atoms with Gasteiger partial charge in [-0.3, -0.25) is 4.79 Å². The number of hydrogen-bond donors (Lipinski definition) is 2. The number of aromatic nitrogens is 4. The van der Waals surface area contributed by atoms with Crippen molar-refractivity contribution in [3.05, 3.63) is 11.6 Å². The molecule has 0 radical (unpaired) electrons. The van der Waals surface area contributed by atoms with Gasteiger partial charge in [0, 0.05) is 13.1 Å². The number of nitrogens with zero attached hydrogens (tertiary/aromatic N) is 4. The SMILES string of the molecule is O=C1NCC2C1CCCN2c1nc(Cl)nc2nc[nH]c12. The predicted octanol–water partition coefficient (Wildman–Crippen LogP) is 0.721. The Hall–Kier alpha value is -1.89. The minimum absolute atomic E-state index is 0.0375. The maximum Gasteiger partial charge on any atom is 0.226 e. The number of amides is 1. The normalized spacial score (nSPS) is 25.9. The Balaban J connectivity index is 1.82. The summed E-state index contributed by atoms with van der Waals surface area (Å²) >= 11 is 5.99. The van der Waals surface area contributed by atoms with Crippen LogP contribution in [0.5, 0.6) is 0 Å². The third-order valence-corrected chi connectivity index (χ3v) is 4.28. The van der Waals surface area contributed by atoms with Gasteiger partial charge in [0.1, 0.15) is 5.52 Å². The zero-order chi connectivity index (χ0) is 13.7. The van der Waals surface area contributed by atoms with E-state index >= 15 is 0 Å². The molecule has 4 rings (SSSR count). The molecule has 0 spiro atoms. The first-order chi connectivity index (χ1) is 9.74. The number of halogens is 1. The van der Waals surface area contributed by atoms with Crippen molar-refractivity contribution in [2.45, 2.75) is 18.9 Å². The van der Waals surface area contributed by atoms with E-state index < -0.39 is 0 Å². The van der Waals surface area contributed by atoms with Gasteiger partial charge >= 0.3 is 0 Å². The van der Waals surface area contributed by atoms with Crippen molar-refractivity contribution in [1.82, 2.24) is 25.3 Å². The van der Waals surface area contributed by atoms with Crippen LogP contribution in [-0.2, 0) is 4.79 Å². The van der Waals surface area contributed by atoms with E-state index in [9.17, 15) is 4.79 Å². The molecule has 2 fully saturated rings. The zero-order valence-electron chi connectivity index (χ0n) is 10.6. The number of rotatable bonds is 1. The summed E-state index contributed by atoms with van der Waals surface area (Å²) in [5.74, 6) is 0.917. The number of carbonyl (C=O) groups excluding carboxylic acids is 1. The first-order valence-electron chi connectivity index (χ1n) is 6.65. The fraction of sp³-hybridized carbons (Fsp3) is 0.500. The molecule has 2 aliphatic heterocycles. The summed E-state index contributed by atoms with van der Waals surface area (Å²) in [5.41, 5.74) is 1.33. The lowest BCUT2D eigenvalue weighted by Crippen LogP contribution is -2.46. The van der Waals surface area contributed by atoms with Crippen molar-refractivity contribution in [2.75, 3.05) is 18.0 Å². The number of aromatic amines is 1. The smallest absolute Gasteiger partial charge is 0.226 e. The fourth-order valence-corrected chi connectivity index (χ4v) is 3.37. The number of imidazole rings is 1. The lowest BCUT2D eigenvalue weighted by atomic mass is 9.91. The number of nitrogens with one attached hydrogen (secondary N) is 2. The van der Waals surface area contributed by atoms with Crippen LogP contribution < -0.4 is 10.2 Å². The Labute approximate surface area is 119 Å². The molecule has 2 aliphatic rings. The van der Waals surface area contributed by atoms with Crippen LogP contribution in [0.2, 0.25) is 5.28 Å². The summed E-state index contributed by atoms with van der Waals surface area (Å²) in [5, 5.41) is 3.11. The minimum atomic E-state index is 0.0375. The van der Waals surface area contributed by atoms with E-state index in [0.717, 1.165) is 30.7 Å². The van der Waals surface area contributed by atoms with Gasteiger partial charge < -0.3 is 15.2 Å². The molecule has 1 amide bonds. The summed E-state index contributed by atoms with van der Waals surface area (Å²) in [7, 11) is 0. The van der Waals surface area contributed by atoms with E-state index in [0.29, 0.717) is 12.2 Å². The third-order valence-electron chi connectivity index (χ3n) is 4.11. The van der Waals surface area contributed by atoms with E-state index in [1.165, 1.54) is 0 Å². The van der Waals surface area contributed by atoms with Crippen LogP contribution in [0.25, 0.3) is 11.2 Å². The second-order valence-corrected chi connectivity index (χ2v) is 5.51. The van der Waals surface area contributed by atoms with E-state index in [1.54, 1.807) is 6.33 Å². The molecule has 0 aromatic carbocycles. The van der Waals surface area contributed by atoms with Crippen molar-refractivity contribution >= 4 is 34.5 Å². The highest BCUT2D eigenvalue weighted by atomic mass is 35.5. The van der Waals surface area contributed by atoms with E-state index in [4.69, 9.17) is 11.6 Å². The summed E-state index contributed by atoms with van der Waals surface area (Å²) in [6.45, 7) is 1.51. The number of H-pyrrole nitrogens is 1. The number of carbonyl (C=O) groups is 1. The monoisotopic (exact) mass is 292 g/mol. The molecule has 2 unspecified atom stereocenters. The van der Waals surface area contributed by atoms with Crippen LogP contribution in [0.3, 0.4) is 0 Å². The number of hydrogen-bond acceptors (Lipinski definition) is 5. The quantitative estimate of drug-likeness (QED) is 0.756. The highest BCUT2D eigenvalue weighted by Gasteiger charge is 2.41. The molecule has 2 saturated heterocycles. The molecule has 8 heteroatoms. The van der Waals surface area contributed by atoms with Crippen molar-refractivity contribution in [1.29, 1.82) is 0 Å². The van der Waals surface area contributed by atoms with Gasteiger partial charge in [-0.15, -0.1) is 0 Å². The highest BCUT2D eigenvalue weighted by molar-refractivity contribution is 6.28. The van der Waals surface area contributed by atoms with Gasteiger partial charge in [0.05, 0.1) is 18.3 Å². The summed E-state index contributed by atoms with van der Waals surface area (Å²) in [6.07, 6.45) is 3.47. The standard InChI is InChI=1S/C12H13ClN6O/c13-12-17-9-8(15-5-16-9)10(18-12)19-3-1-2-6-7(19)4-14-11(6)20/h5-7H,1-4H2,(H,14,20)(H,15,16,17,18). The highest BCUT2D eigenvalue weighted by Crippen LogP contribution is 2.33. The average molecular weight is 293 g/mol. The lowest BCUT2D eigenvalue weighted by molar-refractivity contribution is -0.122. The Morgan fingerprint density at radius 2 is 2.30 bits per heavy atom. The summed E-state index contributed by atoms with van der Waals surface area (Å²) in [6, 6.07) is 0.133. The number of anilines is 1. The molecule has 0 aliphatic carbocycles. The van der Waals surface area contributed by atoms with Gasteiger partial charge in [0.25, 0.3) is 0 Å². The Kier molecular flexibility index (Phi) is 2.56. The molecule has 7 nitrogen and oxygen atoms in total. The van der Waals surface area contributed by atoms with Crippen LogP contribution in [-0.4, -0.2) is 45.0 Å². The van der Waals surface area contributed by atoms with E-state index in [-0.39, 0.29) is 23.2 Å². The average Bonchev–Trinajstić information content (AvgIpc) is 3.05. The van der Waals surface area contributed by atoms with E-state index in [1.807, 2.05) is 0 Å². The second kappa shape index (κ2) is 4.31. The summed E-state index contributed by atoms with van der Waals surface area (Å²) < 4.78 is 0. The van der Waals surface area contributed by atoms with Crippen LogP contribution in [0, 0.1) is 5.92 Å². The zero-order valence-corrected chi connectivity index (χ0v) is 11.4. The maximum absolute atomic E-state index is 11.8. The van der Waals surface area contributed by atoms with Gasteiger partial charge in [0.15, 0.2) is 11.5 Å². The predicted molar refractivity (Wildman–Crippen MR) is 73.6 cm³/mol. The minimum Gasteiger partial charge on any atom is -0.354 e. The van der Waals surface area contributed by atoms with Crippen LogP contribution in [0.1, 0.15) is 12.8 Å². The van der Waals surface area contributed by atoms with Gasteiger partial charge in [-0.1, -0.05) is 0 Å². The van der Waals surface area contributed by atoms with Crippen molar-refractivity contribution in [3.63, 3.8) is 0 Å². The first-order valence-corrected chi connectivity index (χ1v) is 7.03. The lowest BCUT2D eigenvalue weighted by Gasteiger charge is -2.36. The molecule has 0 bridgehead atoms. The van der Waals surface area contributed by atoms with Gasteiger partial charge in [-0.05, 0) is 24.4 Å². The summed E-state index contributed by atoms with van der Waals surface area (Å²) in [4.78, 5) is 29.6. The molecule has 2 aromatic rings. The Morgan fingerprint density at radius 3 is 3.20 bits per heavy atom. The topological polar surface area (TPSA) is 86.8 Å². The molecule has 2 aromatic heterocycles. The fourth-order valence-electron chi connectivity index (χ4n) is 3.21. The van der Waals surface area contributed by atoms with Crippen molar-refractivity contribution in [3.8, 4) is 0 Å². The van der Waals surface area contributed by atoms with Gasteiger partial charge in [0.2, 0.25) is 11.2 Å². The van der Waals surface area contributed by atoms with Crippen LogP contribution >= 0.6 is 11.6 Å². The van der Waals surface area contributed by atoms with Crippen molar-refractivity contribution in [2.24, 2.45) is 5.92 Å². The molecular weight excluding hydrogens is 280 g/mol.